The first-order chi connectivity index (χ1) is 14.8. The molecule has 11 heteroatoms. The second kappa shape index (κ2) is 9.03. The van der Waals surface area contributed by atoms with Crippen LogP contribution >= 0.6 is 0 Å². The molecule has 31 heavy (non-hydrogen) atoms. The summed E-state index contributed by atoms with van der Waals surface area (Å²) in [6.07, 6.45) is -1.47. The van der Waals surface area contributed by atoms with Crippen LogP contribution in [0.2, 0.25) is 0 Å². The lowest BCUT2D eigenvalue weighted by atomic mass is 10.1. The summed E-state index contributed by atoms with van der Waals surface area (Å²) >= 11 is 0. The molecule has 2 N–H and O–H groups in total. The van der Waals surface area contributed by atoms with E-state index in [2.05, 4.69) is 15.5 Å². The highest BCUT2D eigenvalue weighted by Crippen LogP contribution is 2.29. The molecule has 0 aliphatic rings. The molecule has 3 rings (SSSR count). The third kappa shape index (κ3) is 4.83. The normalized spacial score (nSPS) is 11.5. The van der Waals surface area contributed by atoms with Gasteiger partial charge in [0, 0.05) is 17.5 Å². The Bertz CT molecular complexity index is 1220. The summed E-state index contributed by atoms with van der Waals surface area (Å²) in [5, 5.41) is 20.5. The number of rotatable bonds is 7. The fourth-order valence-electron chi connectivity index (χ4n) is 2.88. The van der Waals surface area contributed by atoms with E-state index in [9.17, 15) is 24.5 Å². The maximum atomic E-state index is 12.4. The van der Waals surface area contributed by atoms with Crippen molar-refractivity contribution in [2.45, 2.75) is 19.4 Å². The largest absolute Gasteiger partial charge is 0.495 e. The zero-order valence-electron chi connectivity index (χ0n) is 16.6. The van der Waals surface area contributed by atoms with Crippen LogP contribution in [0, 0.1) is 10.1 Å². The molecule has 0 radical (unpaired) electrons. The molecule has 0 spiro atoms. The molecule has 11 nitrogen and oxygen atoms in total. The van der Waals surface area contributed by atoms with Gasteiger partial charge in [-0.05, 0) is 19.1 Å². The molecule has 0 bridgehead atoms. The Morgan fingerprint density at radius 1 is 1.23 bits per heavy atom. The van der Waals surface area contributed by atoms with Crippen LogP contribution in [0.3, 0.4) is 0 Å². The van der Waals surface area contributed by atoms with Gasteiger partial charge in [0.25, 0.3) is 17.2 Å². The van der Waals surface area contributed by atoms with Crippen LogP contribution in [-0.4, -0.2) is 40.2 Å². The van der Waals surface area contributed by atoms with Crippen molar-refractivity contribution >= 4 is 34.0 Å². The van der Waals surface area contributed by atoms with Gasteiger partial charge in [-0.15, -0.1) is 0 Å². The standard InChI is InChI=1S/C20H18N4O7/c1-11(19(26)21-16-9-12(24(28)29)7-8-17(16)30-2)31-18(25)10-15-13-5-3-4-6-14(13)20(27)23-22-15/h3-9,11H,10H2,1-2H3,(H,21,26)(H,23,27). The minimum atomic E-state index is -1.20. The van der Waals surface area contributed by atoms with Gasteiger partial charge in [-0.3, -0.25) is 24.5 Å². The number of H-pyrrole nitrogens is 1. The predicted octanol–water partition coefficient (Wildman–Crippen LogP) is 1.95. The smallest absolute Gasteiger partial charge is 0.312 e. The molecule has 160 valence electrons. The van der Waals surface area contributed by atoms with Gasteiger partial charge in [-0.1, -0.05) is 18.2 Å². The molecule has 0 fully saturated rings. The van der Waals surface area contributed by atoms with E-state index in [1.165, 1.54) is 26.2 Å². The molecule has 0 saturated carbocycles. The van der Waals surface area contributed by atoms with Crippen LogP contribution in [0.5, 0.6) is 5.75 Å². The number of aromatic amines is 1. The number of benzene rings is 2. The predicted molar refractivity (Wildman–Crippen MR) is 110 cm³/mol. The van der Waals surface area contributed by atoms with Crippen LogP contribution in [0.15, 0.2) is 47.3 Å². The highest BCUT2D eigenvalue weighted by atomic mass is 16.6. The molecule has 1 atom stereocenters. The number of amides is 1. The lowest BCUT2D eigenvalue weighted by Gasteiger charge is -2.15. The lowest BCUT2D eigenvalue weighted by molar-refractivity contribution is -0.384. The Kier molecular flexibility index (Phi) is 6.24. The molecule has 3 aromatic rings. The monoisotopic (exact) mass is 426 g/mol. The van der Waals surface area contributed by atoms with E-state index in [0.29, 0.717) is 16.5 Å². The van der Waals surface area contributed by atoms with Crippen LogP contribution in [0.25, 0.3) is 10.8 Å². The number of carbonyl (C=O) groups excluding carboxylic acids is 2. The summed E-state index contributed by atoms with van der Waals surface area (Å²) in [4.78, 5) is 46.9. The summed E-state index contributed by atoms with van der Waals surface area (Å²) in [5.74, 6) is -1.23. The maximum Gasteiger partial charge on any atom is 0.312 e. The summed E-state index contributed by atoms with van der Waals surface area (Å²) in [6.45, 7) is 1.36. The highest BCUT2D eigenvalue weighted by Gasteiger charge is 2.22. The first-order valence-corrected chi connectivity index (χ1v) is 9.09. The summed E-state index contributed by atoms with van der Waals surface area (Å²) in [5.41, 5.74) is -0.255. The van der Waals surface area contributed by atoms with E-state index in [-0.39, 0.29) is 29.1 Å². The van der Waals surface area contributed by atoms with Gasteiger partial charge in [0.15, 0.2) is 6.10 Å². The van der Waals surface area contributed by atoms with Gasteiger partial charge in [0.2, 0.25) is 0 Å². The minimum absolute atomic E-state index is 0.0675. The lowest BCUT2D eigenvalue weighted by Crippen LogP contribution is -2.31. The number of non-ortho nitro benzene ring substituents is 1. The van der Waals surface area contributed by atoms with Gasteiger partial charge >= 0.3 is 5.97 Å². The van der Waals surface area contributed by atoms with E-state index >= 15 is 0 Å². The third-order valence-corrected chi connectivity index (χ3v) is 4.42. The Morgan fingerprint density at radius 3 is 2.61 bits per heavy atom. The number of nitro groups is 1. The highest BCUT2D eigenvalue weighted by molar-refractivity contribution is 5.97. The molecule has 1 heterocycles. The Balaban J connectivity index is 1.70. The fraction of sp³-hybridized carbons (Fsp3) is 0.200. The van der Waals surface area contributed by atoms with Crippen molar-refractivity contribution in [1.29, 1.82) is 0 Å². The molecule has 1 unspecified atom stereocenters. The van der Waals surface area contributed by atoms with Crippen LogP contribution in [-0.2, 0) is 20.7 Å². The van der Waals surface area contributed by atoms with Crippen molar-refractivity contribution < 1.29 is 24.0 Å². The number of hydrogen-bond donors (Lipinski definition) is 2. The number of nitrogens with zero attached hydrogens (tertiary/aromatic N) is 2. The molecule has 0 aliphatic heterocycles. The number of hydrogen-bond acceptors (Lipinski definition) is 8. The van der Waals surface area contributed by atoms with E-state index in [1.807, 2.05) is 0 Å². The molecular formula is C20H18N4O7. The van der Waals surface area contributed by atoms with Gasteiger partial charge in [-0.2, -0.15) is 5.10 Å². The molecule has 0 aliphatic carbocycles. The van der Waals surface area contributed by atoms with Crippen molar-refractivity contribution in [2.24, 2.45) is 0 Å². The second-order valence-corrected chi connectivity index (χ2v) is 6.48. The topological polar surface area (TPSA) is 154 Å². The van der Waals surface area contributed by atoms with Gasteiger partial charge < -0.3 is 14.8 Å². The number of nitrogens with one attached hydrogen (secondary N) is 2. The summed E-state index contributed by atoms with van der Waals surface area (Å²) in [7, 11) is 1.35. The Hall–Kier alpha value is -4.28. The molecule has 0 saturated heterocycles. The number of esters is 1. The molecular weight excluding hydrogens is 408 g/mol. The average molecular weight is 426 g/mol. The number of fused-ring (bicyclic) bond motifs is 1. The van der Waals surface area contributed by atoms with E-state index < -0.39 is 22.9 Å². The van der Waals surface area contributed by atoms with Gasteiger partial charge in [-0.25, -0.2) is 5.10 Å². The first kappa shape index (κ1) is 21.4. The van der Waals surface area contributed by atoms with E-state index in [4.69, 9.17) is 9.47 Å². The van der Waals surface area contributed by atoms with Crippen LogP contribution in [0.1, 0.15) is 12.6 Å². The van der Waals surface area contributed by atoms with Gasteiger partial charge in [0.1, 0.15) is 5.75 Å². The van der Waals surface area contributed by atoms with Crippen LogP contribution in [0.4, 0.5) is 11.4 Å². The third-order valence-electron chi connectivity index (χ3n) is 4.42. The first-order valence-electron chi connectivity index (χ1n) is 9.09. The van der Waals surface area contributed by atoms with Gasteiger partial charge in [0.05, 0.1) is 35.2 Å². The number of methoxy groups -OCH3 is 1. The SMILES string of the molecule is COc1ccc([N+](=O)[O-])cc1NC(=O)C(C)OC(=O)Cc1n[nH]c(=O)c2ccccc12. The summed E-state index contributed by atoms with van der Waals surface area (Å²) in [6, 6.07) is 10.4. The average Bonchev–Trinajstić information content (AvgIpc) is 2.75. The number of nitro benzene ring substituents is 1. The zero-order valence-corrected chi connectivity index (χ0v) is 16.6. The summed E-state index contributed by atoms with van der Waals surface area (Å²) < 4.78 is 10.2. The molecule has 2 aromatic carbocycles. The molecule has 1 amide bonds. The van der Waals surface area contributed by atoms with Crippen molar-refractivity contribution in [2.75, 3.05) is 12.4 Å². The Morgan fingerprint density at radius 2 is 1.94 bits per heavy atom. The number of aromatic nitrogens is 2. The second-order valence-electron chi connectivity index (χ2n) is 6.48. The fourth-order valence-corrected chi connectivity index (χ4v) is 2.88. The van der Waals surface area contributed by atoms with E-state index in [0.717, 1.165) is 6.07 Å². The zero-order chi connectivity index (χ0) is 22.5. The Labute approximate surface area is 175 Å². The quantitative estimate of drug-likeness (QED) is 0.330. The van der Waals surface area contributed by atoms with Crippen molar-refractivity contribution in [3.63, 3.8) is 0 Å². The number of ether oxygens (including phenoxy) is 2. The van der Waals surface area contributed by atoms with Crippen molar-refractivity contribution in [3.8, 4) is 5.75 Å². The maximum absolute atomic E-state index is 12.4. The van der Waals surface area contributed by atoms with Crippen molar-refractivity contribution in [3.05, 3.63) is 68.6 Å². The molecule has 1 aromatic heterocycles. The number of carbonyl (C=O) groups is 2. The van der Waals surface area contributed by atoms with E-state index in [1.54, 1.807) is 24.3 Å². The van der Waals surface area contributed by atoms with Crippen molar-refractivity contribution in [1.82, 2.24) is 10.2 Å². The van der Waals surface area contributed by atoms with Crippen LogP contribution < -0.4 is 15.6 Å². The minimum Gasteiger partial charge on any atom is -0.495 e. The number of anilines is 1.